The van der Waals surface area contributed by atoms with Gasteiger partial charge in [0.25, 0.3) is 0 Å². The van der Waals surface area contributed by atoms with E-state index in [9.17, 15) is 4.79 Å². The molecule has 0 aromatic rings. The Bertz CT molecular complexity index is 232. The van der Waals surface area contributed by atoms with Crippen molar-refractivity contribution < 1.29 is 4.79 Å². The first-order chi connectivity index (χ1) is 7.07. The maximum absolute atomic E-state index is 11.6. The first-order valence-electron chi connectivity index (χ1n) is 5.74. The molecule has 3 heteroatoms. The molecule has 3 nitrogen and oxygen atoms in total. The number of hydrogen-bond acceptors (Lipinski definition) is 2. The van der Waals surface area contributed by atoms with Gasteiger partial charge in [-0.15, -0.1) is 6.58 Å². The lowest BCUT2D eigenvalue weighted by molar-refractivity contribution is -0.123. The van der Waals surface area contributed by atoms with E-state index in [1.165, 1.54) is 25.7 Å². The van der Waals surface area contributed by atoms with Gasteiger partial charge < -0.3 is 10.6 Å². The number of nitrogens with one attached hydrogen (secondary N) is 2. The van der Waals surface area contributed by atoms with Gasteiger partial charge in [-0.3, -0.25) is 4.79 Å². The Morgan fingerprint density at radius 2 is 2.13 bits per heavy atom. The van der Waals surface area contributed by atoms with Crippen LogP contribution >= 0.6 is 0 Å². The van der Waals surface area contributed by atoms with Gasteiger partial charge in [0.05, 0.1) is 6.04 Å². The number of rotatable bonds is 5. The quantitative estimate of drug-likeness (QED) is 0.677. The fourth-order valence-corrected chi connectivity index (χ4v) is 2.21. The van der Waals surface area contributed by atoms with Crippen LogP contribution in [0.25, 0.3) is 0 Å². The van der Waals surface area contributed by atoms with E-state index in [4.69, 9.17) is 0 Å². The van der Waals surface area contributed by atoms with Gasteiger partial charge in [0.2, 0.25) is 5.91 Å². The molecule has 1 amide bonds. The van der Waals surface area contributed by atoms with Crippen LogP contribution in [0.1, 0.15) is 39.5 Å². The molecule has 1 fully saturated rings. The van der Waals surface area contributed by atoms with Gasteiger partial charge in [-0.25, -0.2) is 0 Å². The lowest BCUT2D eigenvalue weighted by Gasteiger charge is -2.29. The lowest BCUT2D eigenvalue weighted by Crippen LogP contribution is -2.51. The van der Waals surface area contributed by atoms with Crippen molar-refractivity contribution in [1.82, 2.24) is 10.6 Å². The molecule has 1 atom stereocenters. The molecular weight excluding hydrogens is 188 g/mol. The molecule has 0 aliphatic heterocycles. The second-order valence-electron chi connectivity index (χ2n) is 4.67. The van der Waals surface area contributed by atoms with Crippen LogP contribution in [0.2, 0.25) is 0 Å². The second-order valence-corrected chi connectivity index (χ2v) is 4.67. The van der Waals surface area contributed by atoms with E-state index in [0.29, 0.717) is 6.54 Å². The zero-order chi connectivity index (χ0) is 11.3. The third-order valence-corrected chi connectivity index (χ3v) is 3.09. The smallest absolute Gasteiger partial charge is 0.237 e. The molecule has 86 valence electrons. The fourth-order valence-electron chi connectivity index (χ4n) is 2.21. The molecule has 0 aromatic heterocycles. The van der Waals surface area contributed by atoms with Crippen LogP contribution in [0.3, 0.4) is 0 Å². The summed E-state index contributed by atoms with van der Waals surface area (Å²) < 4.78 is 0. The molecule has 1 aliphatic rings. The number of hydrogen-bond donors (Lipinski definition) is 2. The van der Waals surface area contributed by atoms with E-state index < -0.39 is 0 Å². The van der Waals surface area contributed by atoms with Crippen molar-refractivity contribution in [2.75, 3.05) is 6.54 Å². The summed E-state index contributed by atoms with van der Waals surface area (Å²) in [5.74, 6) is 0.0584. The molecule has 0 radical (unpaired) electrons. The van der Waals surface area contributed by atoms with Crippen molar-refractivity contribution in [1.29, 1.82) is 0 Å². The maximum Gasteiger partial charge on any atom is 0.237 e. The highest BCUT2D eigenvalue weighted by Crippen LogP contribution is 2.29. The standard InChI is InChI=1S/C12H22N2O/c1-4-9-13-11(15)10(2)14-12(3)7-5-6-8-12/h4,10,14H,1,5-9H2,2-3H3,(H,13,15). The van der Waals surface area contributed by atoms with E-state index in [1.807, 2.05) is 6.92 Å². The monoisotopic (exact) mass is 210 g/mol. The Labute approximate surface area is 92.3 Å². The molecule has 0 heterocycles. The zero-order valence-corrected chi connectivity index (χ0v) is 9.81. The van der Waals surface area contributed by atoms with Crippen LogP contribution in [0.4, 0.5) is 0 Å². The highest BCUT2D eigenvalue weighted by molar-refractivity contribution is 5.81. The van der Waals surface area contributed by atoms with Crippen LogP contribution in [-0.4, -0.2) is 24.0 Å². The molecule has 1 saturated carbocycles. The van der Waals surface area contributed by atoms with Gasteiger partial charge in [-0.1, -0.05) is 18.9 Å². The number of amides is 1. The van der Waals surface area contributed by atoms with E-state index >= 15 is 0 Å². The second kappa shape index (κ2) is 5.31. The zero-order valence-electron chi connectivity index (χ0n) is 9.81. The number of carbonyl (C=O) groups is 1. The van der Waals surface area contributed by atoms with Crippen molar-refractivity contribution in [2.45, 2.75) is 51.1 Å². The molecule has 1 rings (SSSR count). The van der Waals surface area contributed by atoms with Crippen LogP contribution in [0.5, 0.6) is 0 Å². The fraction of sp³-hybridized carbons (Fsp3) is 0.750. The van der Waals surface area contributed by atoms with E-state index in [-0.39, 0.29) is 17.5 Å². The minimum atomic E-state index is -0.118. The Hall–Kier alpha value is -0.830. The Kier molecular flexibility index (Phi) is 4.33. The third kappa shape index (κ3) is 3.67. The van der Waals surface area contributed by atoms with Gasteiger partial charge >= 0.3 is 0 Å². The minimum Gasteiger partial charge on any atom is -0.351 e. The maximum atomic E-state index is 11.6. The summed E-state index contributed by atoms with van der Waals surface area (Å²) >= 11 is 0. The normalized spacial score (nSPS) is 20.9. The van der Waals surface area contributed by atoms with Gasteiger partial charge in [0.1, 0.15) is 0 Å². The predicted octanol–water partition coefficient (Wildman–Crippen LogP) is 1.60. The highest BCUT2D eigenvalue weighted by atomic mass is 16.2. The van der Waals surface area contributed by atoms with E-state index in [0.717, 1.165) is 0 Å². The van der Waals surface area contributed by atoms with E-state index in [1.54, 1.807) is 6.08 Å². The van der Waals surface area contributed by atoms with Crippen molar-refractivity contribution in [3.05, 3.63) is 12.7 Å². The Balaban J connectivity index is 2.36. The van der Waals surface area contributed by atoms with Crippen LogP contribution in [0.15, 0.2) is 12.7 Å². The summed E-state index contributed by atoms with van der Waals surface area (Å²) in [7, 11) is 0. The van der Waals surface area contributed by atoms with Crippen molar-refractivity contribution in [3.8, 4) is 0 Å². The summed E-state index contributed by atoms with van der Waals surface area (Å²) in [6.07, 6.45) is 6.58. The third-order valence-electron chi connectivity index (χ3n) is 3.09. The molecule has 0 spiro atoms. The number of carbonyl (C=O) groups excluding carboxylic acids is 1. The van der Waals surface area contributed by atoms with Crippen LogP contribution in [-0.2, 0) is 4.79 Å². The van der Waals surface area contributed by atoms with Crippen molar-refractivity contribution in [3.63, 3.8) is 0 Å². The van der Waals surface area contributed by atoms with Crippen LogP contribution < -0.4 is 10.6 Å². The average Bonchev–Trinajstić information content (AvgIpc) is 2.61. The van der Waals surface area contributed by atoms with Crippen LogP contribution in [0, 0.1) is 0 Å². The Morgan fingerprint density at radius 1 is 1.53 bits per heavy atom. The molecular formula is C12H22N2O. The molecule has 0 aromatic carbocycles. The Morgan fingerprint density at radius 3 is 2.67 bits per heavy atom. The van der Waals surface area contributed by atoms with Crippen molar-refractivity contribution in [2.24, 2.45) is 0 Å². The molecule has 1 unspecified atom stereocenters. The molecule has 0 saturated heterocycles. The topological polar surface area (TPSA) is 41.1 Å². The first-order valence-corrected chi connectivity index (χ1v) is 5.74. The summed E-state index contributed by atoms with van der Waals surface area (Å²) in [5.41, 5.74) is 0.158. The van der Waals surface area contributed by atoms with Crippen molar-refractivity contribution >= 4 is 5.91 Å². The van der Waals surface area contributed by atoms with Gasteiger partial charge in [-0.2, -0.15) is 0 Å². The summed E-state index contributed by atoms with van der Waals surface area (Å²) in [6, 6.07) is -0.118. The summed E-state index contributed by atoms with van der Waals surface area (Å²) in [6.45, 7) is 8.24. The average molecular weight is 210 g/mol. The molecule has 0 bridgehead atoms. The largest absolute Gasteiger partial charge is 0.351 e. The summed E-state index contributed by atoms with van der Waals surface area (Å²) in [5, 5.41) is 6.22. The van der Waals surface area contributed by atoms with Gasteiger partial charge in [-0.05, 0) is 26.7 Å². The summed E-state index contributed by atoms with van der Waals surface area (Å²) in [4.78, 5) is 11.6. The molecule has 2 N–H and O–H groups in total. The first kappa shape index (κ1) is 12.2. The van der Waals surface area contributed by atoms with Gasteiger partial charge in [0.15, 0.2) is 0 Å². The molecule has 15 heavy (non-hydrogen) atoms. The van der Waals surface area contributed by atoms with Gasteiger partial charge in [0, 0.05) is 12.1 Å². The molecule has 1 aliphatic carbocycles. The minimum absolute atomic E-state index is 0.0584. The SMILES string of the molecule is C=CCNC(=O)C(C)NC1(C)CCCC1. The van der Waals surface area contributed by atoms with E-state index in [2.05, 4.69) is 24.1 Å². The lowest BCUT2D eigenvalue weighted by atomic mass is 9.99. The predicted molar refractivity (Wildman–Crippen MR) is 62.7 cm³/mol. The highest BCUT2D eigenvalue weighted by Gasteiger charge is 2.31.